The second kappa shape index (κ2) is 7.77. The van der Waals surface area contributed by atoms with E-state index < -0.39 is 0 Å². The number of aliphatic imine (C=N–C) groups is 1. The van der Waals surface area contributed by atoms with Crippen LogP contribution in [0, 0.1) is 0 Å². The molecule has 0 amide bonds. The summed E-state index contributed by atoms with van der Waals surface area (Å²) in [5.41, 5.74) is 6.70. The fraction of sp³-hybridized carbons (Fsp3) is 0.562. The minimum Gasteiger partial charge on any atom is -0.496 e. The maximum absolute atomic E-state index is 5.87. The largest absolute Gasteiger partial charge is 0.496 e. The zero-order chi connectivity index (χ0) is 16.8. The molecule has 3 N–H and O–H groups in total. The van der Waals surface area contributed by atoms with E-state index in [1.54, 1.807) is 21.3 Å². The molecular weight excluding hydrogens is 282 g/mol. The Kier molecular flexibility index (Phi) is 6.34. The van der Waals surface area contributed by atoms with Gasteiger partial charge in [-0.15, -0.1) is 0 Å². The molecular formula is C16H27N3O3. The van der Waals surface area contributed by atoms with Crippen LogP contribution >= 0.6 is 0 Å². The van der Waals surface area contributed by atoms with Crippen LogP contribution < -0.4 is 25.3 Å². The average molecular weight is 309 g/mol. The lowest BCUT2D eigenvalue weighted by atomic mass is 10.1. The zero-order valence-corrected chi connectivity index (χ0v) is 14.3. The number of methoxy groups -OCH3 is 3. The molecule has 0 aromatic heterocycles. The summed E-state index contributed by atoms with van der Waals surface area (Å²) in [5, 5.41) is 3.13. The predicted octanol–water partition coefficient (Wildman–Crippen LogP) is 1.96. The second-order valence-corrected chi connectivity index (χ2v) is 5.90. The van der Waals surface area contributed by atoms with E-state index in [0.717, 1.165) is 5.56 Å². The lowest BCUT2D eigenvalue weighted by molar-refractivity contribution is 0.369. The SMILES string of the molecule is COc1cc(OC)c(CCN=C(N)NC(C)(C)C)c(OC)c1. The summed E-state index contributed by atoms with van der Waals surface area (Å²) in [4.78, 5) is 4.34. The molecule has 1 aromatic carbocycles. The molecule has 22 heavy (non-hydrogen) atoms. The van der Waals surface area contributed by atoms with Crippen LogP contribution in [0.3, 0.4) is 0 Å². The lowest BCUT2D eigenvalue weighted by Crippen LogP contribution is -2.45. The summed E-state index contributed by atoms with van der Waals surface area (Å²) in [7, 11) is 4.85. The first kappa shape index (κ1) is 17.9. The fourth-order valence-corrected chi connectivity index (χ4v) is 2.04. The van der Waals surface area contributed by atoms with Gasteiger partial charge in [0, 0.05) is 29.8 Å². The smallest absolute Gasteiger partial charge is 0.188 e. The van der Waals surface area contributed by atoms with Gasteiger partial charge in [0.2, 0.25) is 0 Å². The highest BCUT2D eigenvalue weighted by Gasteiger charge is 2.13. The first-order chi connectivity index (χ1) is 10.3. The van der Waals surface area contributed by atoms with E-state index in [1.807, 2.05) is 32.9 Å². The number of benzene rings is 1. The molecule has 0 bridgehead atoms. The third kappa shape index (κ3) is 5.35. The van der Waals surface area contributed by atoms with Crippen molar-refractivity contribution >= 4 is 5.96 Å². The Morgan fingerprint density at radius 3 is 2.05 bits per heavy atom. The lowest BCUT2D eigenvalue weighted by Gasteiger charge is -2.21. The quantitative estimate of drug-likeness (QED) is 0.620. The molecule has 6 heteroatoms. The maximum Gasteiger partial charge on any atom is 0.188 e. The molecule has 6 nitrogen and oxygen atoms in total. The van der Waals surface area contributed by atoms with Crippen LogP contribution in [-0.4, -0.2) is 39.4 Å². The number of ether oxygens (including phenoxy) is 3. The Labute approximate surface area is 132 Å². The van der Waals surface area contributed by atoms with Crippen LogP contribution in [0.25, 0.3) is 0 Å². The molecule has 0 heterocycles. The Morgan fingerprint density at radius 2 is 1.64 bits per heavy atom. The topological polar surface area (TPSA) is 78.1 Å². The van der Waals surface area contributed by atoms with Crippen LogP contribution in [0.15, 0.2) is 17.1 Å². The predicted molar refractivity (Wildman–Crippen MR) is 89.2 cm³/mol. The minimum atomic E-state index is -0.108. The number of rotatable bonds is 6. The van der Waals surface area contributed by atoms with Crippen molar-refractivity contribution in [1.29, 1.82) is 0 Å². The number of hydrogen-bond acceptors (Lipinski definition) is 4. The van der Waals surface area contributed by atoms with Crippen molar-refractivity contribution in [3.05, 3.63) is 17.7 Å². The summed E-state index contributed by atoms with van der Waals surface area (Å²) >= 11 is 0. The van der Waals surface area contributed by atoms with E-state index in [1.165, 1.54) is 0 Å². The molecule has 0 unspecified atom stereocenters. The highest BCUT2D eigenvalue weighted by Crippen LogP contribution is 2.34. The van der Waals surface area contributed by atoms with E-state index in [4.69, 9.17) is 19.9 Å². The van der Waals surface area contributed by atoms with E-state index >= 15 is 0 Å². The molecule has 1 rings (SSSR count). The summed E-state index contributed by atoms with van der Waals surface area (Å²) < 4.78 is 16.1. The first-order valence-corrected chi connectivity index (χ1v) is 7.17. The van der Waals surface area contributed by atoms with Gasteiger partial charge in [-0.2, -0.15) is 0 Å². The highest BCUT2D eigenvalue weighted by atomic mass is 16.5. The monoisotopic (exact) mass is 309 g/mol. The average Bonchev–Trinajstić information content (AvgIpc) is 2.45. The third-order valence-electron chi connectivity index (χ3n) is 2.96. The van der Waals surface area contributed by atoms with Crippen molar-refractivity contribution in [3.63, 3.8) is 0 Å². The molecule has 0 aliphatic heterocycles. The van der Waals surface area contributed by atoms with Crippen LogP contribution in [0.5, 0.6) is 17.2 Å². The molecule has 0 aliphatic carbocycles. The summed E-state index contributed by atoms with van der Waals surface area (Å²) in [6, 6.07) is 3.66. The fourth-order valence-electron chi connectivity index (χ4n) is 2.04. The van der Waals surface area contributed by atoms with Gasteiger partial charge in [-0.25, -0.2) is 0 Å². The molecule has 1 aromatic rings. The van der Waals surface area contributed by atoms with E-state index in [-0.39, 0.29) is 5.54 Å². The summed E-state index contributed by atoms with van der Waals surface area (Å²) in [5.74, 6) is 2.55. The van der Waals surface area contributed by atoms with Crippen LogP contribution in [-0.2, 0) is 6.42 Å². The van der Waals surface area contributed by atoms with Crippen molar-refractivity contribution in [3.8, 4) is 17.2 Å². The number of guanidine groups is 1. The molecule has 124 valence electrons. The van der Waals surface area contributed by atoms with Gasteiger partial charge in [0.05, 0.1) is 21.3 Å². The molecule has 0 aliphatic rings. The minimum absolute atomic E-state index is 0.108. The summed E-state index contributed by atoms with van der Waals surface area (Å²) in [6.45, 7) is 6.63. The van der Waals surface area contributed by atoms with Gasteiger partial charge >= 0.3 is 0 Å². The molecule has 0 atom stereocenters. The van der Waals surface area contributed by atoms with Gasteiger partial charge in [-0.1, -0.05) is 0 Å². The Hall–Kier alpha value is -2.11. The van der Waals surface area contributed by atoms with Gasteiger partial charge in [-0.3, -0.25) is 4.99 Å². The van der Waals surface area contributed by atoms with Gasteiger partial charge in [0.1, 0.15) is 17.2 Å². The zero-order valence-electron chi connectivity index (χ0n) is 14.3. The van der Waals surface area contributed by atoms with Crippen molar-refractivity contribution < 1.29 is 14.2 Å². The van der Waals surface area contributed by atoms with Gasteiger partial charge in [0.15, 0.2) is 5.96 Å². The van der Waals surface area contributed by atoms with E-state index in [9.17, 15) is 0 Å². The molecule has 0 radical (unpaired) electrons. The second-order valence-electron chi connectivity index (χ2n) is 5.90. The number of nitrogens with zero attached hydrogens (tertiary/aromatic N) is 1. The molecule has 0 spiro atoms. The van der Waals surface area contributed by atoms with Gasteiger partial charge < -0.3 is 25.3 Å². The first-order valence-electron chi connectivity index (χ1n) is 7.17. The maximum atomic E-state index is 5.87. The van der Waals surface area contributed by atoms with Crippen LogP contribution in [0.1, 0.15) is 26.3 Å². The normalized spacial score (nSPS) is 12.0. The third-order valence-corrected chi connectivity index (χ3v) is 2.96. The number of hydrogen-bond donors (Lipinski definition) is 2. The van der Waals surface area contributed by atoms with Crippen molar-refractivity contribution in [1.82, 2.24) is 5.32 Å². The molecule has 0 saturated carbocycles. The number of nitrogens with two attached hydrogens (primary N) is 1. The van der Waals surface area contributed by atoms with Crippen LogP contribution in [0.4, 0.5) is 0 Å². The van der Waals surface area contributed by atoms with E-state index in [0.29, 0.717) is 36.2 Å². The van der Waals surface area contributed by atoms with Gasteiger partial charge in [-0.05, 0) is 27.2 Å². The summed E-state index contributed by atoms with van der Waals surface area (Å²) in [6.07, 6.45) is 0.656. The Morgan fingerprint density at radius 1 is 1.09 bits per heavy atom. The highest BCUT2D eigenvalue weighted by molar-refractivity contribution is 5.78. The van der Waals surface area contributed by atoms with Gasteiger partial charge in [0.25, 0.3) is 0 Å². The Bertz CT molecular complexity index is 497. The van der Waals surface area contributed by atoms with Crippen molar-refractivity contribution in [2.45, 2.75) is 32.7 Å². The van der Waals surface area contributed by atoms with E-state index in [2.05, 4.69) is 10.3 Å². The number of nitrogens with one attached hydrogen (secondary N) is 1. The Balaban J connectivity index is 2.87. The molecule has 0 saturated heterocycles. The van der Waals surface area contributed by atoms with Crippen LogP contribution in [0.2, 0.25) is 0 Å². The standard InChI is InChI=1S/C16H27N3O3/c1-16(2,3)19-15(17)18-8-7-12-13(21-5)9-11(20-4)10-14(12)22-6/h9-10H,7-8H2,1-6H3,(H3,17,18,19). The van der Waals surface area contributed by atoms with Crippen molar-refractivity contribution in [2.24, 2.45) is 10.7 Å². The van der Waals surface area contributed by atoms with Crippen molar-refractivity contribution in [2.75, 3.05) is 27.9 Å². The molecule has 0 fully saturated rings.